The molecule has 50 heavy (non-hydrogen) atoms. The van der Waals surface area contributed by atoms with Crippen molar-refractivity contribution in [3.63, 3.8) is 0 Å². The van der Waals surface area contributed by atoms with E-state index < -0.39 is 18.1 Å². The van der Waals surface area contributed by atoms with E-state index in [1.807, 2.05) is 0 Å². The van der Waals surface area contributed by atoms with Crippen LogP contribution < -0.4 is 11.1 Å². The first-order chi connectivity index (χ1) is 24.2. The highest BCUT2D eigenvalue weighted by molar-refractivity contribution is 6.06. The lowest BCUT2D eigenvalue weighted by molar-refractivity contribution is -0.144. The second-order valence-corrected chi connectivity index (χ2v) is 17.5. The van der Waals surface area contributed by atoms with Gasteiger partial charge in [-0.1, -0.05) is 83.5 Å². The molecule has 7 nitrogen and oxygen atoms in total. The van der Waals surface area contributed by atoms with Gasteiger partial charge >= 0.3 is 0 Å². The Morgan fingerprint density at radius 2 is 1.62 bits per heavy atom. The number of hydrogen-bond acceptors (Lipinski definition) is 7. The van der Waals surface area contributed by atoms with Gasteiger partial charge in [-0.25, -0.2) is 0 Å². The van der Waals surface area contributed by atoms with E-state index in [2.05, 4.69) is 31.0 Å². The lowest BCUT2D eigenvalue weighted by atomic mass is 9.63. The van der Waals surface area contributed by atoms with Gasteiger partial charge in [-0.3, -0.25) is 9.59 Å². The van der Waals surface area contributed by atoms with Gasteiger partial charge in [-0.05, 0) is 119 Å². The Balaban J connectivity index is 1.59. The molecule has 284 valence electrons. The first-order valence-corrected chi connectivity index (χ1v) is 21.2. The highest BCUT2D eigenvalue weighted by atomic mass is 16.5. The lowest BCUT2D eigenvalue weighted by Crippen LogP contribution is -2.45. The molecule has 5 rings (SSSR count). The quantitative estimate of drug-likeness (QED) is 0.102. The maximum atomic E-state index is 14.8. The number of ketones is 2. The van der Waals surface area contributed by atoms with Crippen molar-refractivity contribution in [2.45, 2.75) is 173 Å². The highest BCUT2D eigenvalue weighted by Crippen LogP contribution is 2.49. The first kappa shape index (κ1) is 39.9. The fourth-order valence-electron chi connectivity index (χ4n) is 11.5. The van der Waals surface area contributed by atoms with Gasteiger partial charge in [0.15, 0.2) is 17.7 Å². The lowest BCUT2D eigenvalue weighted by Gasteiger charge is -2.44. The van der Waals surface area contributed by atoms with Crippen molar-refractivity contribution >= 4 is 11.6 Å². The van der Waals surface area contributed by atoms with E-state index in [-0.39, 0.29) is 59.8 Å². The fraction of sp³-hybridized carbons (Fsp3) is 0.907. The Bertz CT molecular complexity index is 1130. The van der Waals surface area contributed by atoms with Crippen LogP contribution in [0, 0.1) is 71.0 Å². The molecule has 0 aromatic carbocycles. The van der Waals surface area contributed by atoms with Crippen molar-refractivity contribution < 1.29 is 24.5 Å². The predicted octanol–water partition coefficient (Wildman–Crippen LogP) is 7.20. The predicted molar refractivity (Wildman–Crippen MR) is 200 cm³/mol. The number of carbonyl (C=O) groups excluding carboxylic acids is 2. The molecule has 1 heterocycles. The average molecular weight is 697 g/mol. The monoisotopic (exact) mass is 697 g/mol. The molecule has 0 amide bonds. The molecule has 0 aromatic rings. The second kappa shape index (κ2) is 19.7. The number of rotatable bonds is 11. The van der Waals surface area contributed by atoms with Crippen molar-refractivity contribution in [2.24, 2.45) is 64.9 Å². The van der Waals surface area contributed by atoms with Crippen molar-refractivity contribution in [1.82, 2.24) is 5.32 Å². The summed E-state index contributed by atoms with van der Waals surface area (Å²) >= 11 is 0. The number of nitrogens with two attached hydrogens (primary N) is 1. The number of piperidine rings is 1. The molecule has 3 saturated carbocycles. The Labute approximate surface area is 304 Å². The molecule has 0 aromatic heterocycles. The molecule has 1 saturated heterocycles. The molecule has 7 unspecified atom stereocenters. The van der Waals surface area contributed by atoms with Crippen LogP contribution in [-0.4, -0.2) is 59.9 Å². The number of fused-ring (bicyclic) bond motifs is 2. The molecule has 7 heteroatoms. The standard InChI is InChI=1S/C43H72N2O5/c1-4-6-9-15-35-31(12-7-5-2)23-29(22-28-20-21-45-40(44)25-28)24-33-16-18-34(30-13-10-8-11-14-30)36-27-38(47)39(50-3)26-32(36)17-19-37(46)42(48)43(49)41(33)35/h28-36,38-42,45,47-48H,4-15,17,19-27,44H2,1-3H3/t28?,29-,31-,32?,33+,34+,35+,36?,38?,39?,40?,41?,42+/m0/s1. The Morgan fingerprint density at radius 3 is 2.34 bits per heavy atom. The summed E-state index contributed by atoms with van der Waals surface area (Å²) in [5.41, 5.74) is 6.40. The molecular weight excluding hydrogens is 624 g/mol. The summed E-state index contributed by atoms with van der Waals surface area (Å²) < 4.78 is 5.74. The van der Waals surface area contributed by atoms with E-state index in [1.54, 1.807) is 7.11 Å². The van der Waals surface area contributed by atoms with Gasteiger partial charge in [0.25, 0.3) is 0 Å². The van der Waals surface area contributed by atoms with Crippen molar-refractivity contribution in [3.05, 3.63) is 0 Å². The largest absolute Gasteiger partial charge is 0.390 e. The molecule has 1 aliphatic heterocycles. The first-order valence-electron chi connectivity index (χ1n) is 21.2. The zero-order valence-corrected chi connectivity index (χ0v) is 31.8. The van der Waals surface area contributed by atoms with Gasteiger partial charge in [0.05, 0.1) is 18.4 Å². The topological polar surface area (TPSA) is 122 Å². The summed E-state index contributed by atoms with van der Waals surface area (Å²) in [6.07, 6.45) is 18.6. The van der Waals surface area contributed by atoms with Crippen molar-refractivity contribution in [2.75, 3.05) is 13.7 Å². The van der Waals surface area contributed by atoms with E-state index in [4.69, 9.17) is 10.5 Å². The summed E-state index contributed by atoms with van der Waals surface area (Å²) in [5, 5.41) is 26.3. The van der Waals surface area contributed by atoms with Gasteiger partial charge in [0, 0.05) is 31.3 Å². The van der Waals surface area contributed by atoms with Crippen LogP contribution in [0.25, 0.3) is 0 Å². The second-order valence-electron chi connectivity index (χ2n) is 17.5. The minimum Gasteiger partial charge on any atom is -0.390 e. The summed E-state index contributed by atoms with van der Waals surface area (Å²) in [7, 11) is 1.67. The maximum Gasteiger partial charge on any atom is 0.173 e. The minimum absolute atomic E-state index is 0.0431. The van der Waals surface area contributed by atoms with Crippen LogP contribution in [0.4, 0.5) is 0 Å². The zero-order chi connectivity index (χ0) is 35.6. The van der Waals surface area contributed by atoms with Gasteiger partial charge in [-0.2, -0.15) is 0 Å². The molecule has 0 bridgehead atoms. The molecule has 5 aliphatic rings. The number of unbranched alkanes of at least 4 members (excludes halogenated alkanes) is 3. The van der Waals surface area contributed by atoms with E-state index in [0.717, 1.165) is 96.4 Å². The number of aliphatic hydroxyl groups excluding tert-OH is 2. The number of hydrogen-bond donors (Lipinski definition) is 4. The van der Waals surface area contributed by atoms with Crippen LogP contribution in [0.15, 0.2) is 0 Å². The number of Topliss-reactive ketones (excluding diaryl/α,β-unsaturated/α-hetero) is 2. The van der Waals surface area contributed by atoms with E-state index in [0.29, 0.717) is 42.9 Å². The minimum atomic E-state index is -1.58. The average Bonchev–Trinajstić information content (AvgIpc) is 3.25. The molecule has 0 spiro atoms. The molecule has 4 fully saturated rings. The van der Waals surface area contributed by atoms with Crippen LogP contribution in [0.3, 0.4) is 0 Å². The van der Waals surface area contributed by atoms with E-state index in [9.17, 15) is 19.8 Å². The van der Waals surface area contributed by atoms with Gasteiger partial charge < -0.3 is 26.0 Å². The molecular formula is C43H72N2O5. The van der Waals surface area contributed by atoms with Crippen LogP contribution in [-0.2, 0) is 14.3 Å². The smallest absolute Gasteiger partial charge is 0.173 e. The third kappa shape index (κ3) is 10.2. The van der Waals surface area contributed by atoms with Crippen LogP contribution >= 0.6 is 0 Å². The maximum absolute atomic E-state index is 14.8. The Morgan fingerprint density at radius 1 is 0.840 bits per heavy atom. The SMILES string of the molecule is CCCCC[C@H]1C2C(=O)[C@H](O)C(=O)CCC3CC(OC)C(O)CC3[C@@H](C3CCCCC3)C#C[C@@H]2C[C@@H](CC2CCNC(N)C2)C[C@@H]1CCCC. The number of methoxy groups -OCH3 is 1. The molecule has 13 atom stereocenters. The number of aliphatic hydroxyl groups is 2. The molecule has 5 N–H and O–H groups in total. The van der Waals surface area contributed by atoms with Crippen molar-refractivity contribution in [1.29, 1.82) is 0 Å². The highest BCUT2D eigenvalue weighted by Gasteiger charge is 2.48. The van der Waals surface area contributed by atoms with Crippen LogP contribution in [0.1, 0.15) is 149 Å². The molecule has 0 radical (unpaired) electrons. The summed E-state index contributed by atoms with van der Waals surface area (Å²) in [6, 6.07) is 0. The summed E-state index contributed by atoms with van der Waals surface area (Å²) in [4.78, 5) is 28.6. The van der Waals surface area contributed by atoms with Gasteiger partial charge in [0.2, 0.25) is 0 Å². The van der Waals surface area contributed by atoms with Gasteiger partial charge in [0.1, 0.15) is 0 Å². The third-order valence-electron chi connectivity index (χ3n) is 14.1. The number of ether oxygens (including phenoxy) is 1. The molecule has 4 aliphatic carbocycles. The Kier molecular flexibility index (Phi) is 15.7. The summed E-state index contributed by atoms with van der Waals surface area (Å²) in [5.74, 6) is 9.18. The van der Waals surface area contributed by atoms with Crippen LogP contribution in [0.2, 0.25) is 0 Å². The Hall–Kier alpha value is -1.30. The third-order valence-corrected chi connectivity index (χ3v) is 14.1. The fourth-order valence-corrected chi connectivity index (χ4v) is 11.5. The van der Waals surface area contributed by atoms with Crippen molar-refractivity contribution in [3.8, 4) is 11.8 Å². The van der Waals surface area contributed by atoms with E-state index >= 15 is 0 Å². The normalized spacial score (nSPS) is 40.7. The number of carbonyl (C=O) groups is 2. The number of nitrogens with one attached hydrogen (secondary N) is 1. The van der Waals surface area contributed by atoms with E-state index in [1.165, 1.54) is 19.3 Å². The van der Waals surface area contributed by atoms with Crippen LogP contribution in [0.5, 0.6) is 0 Å². The van der Waals surface area contributed by atoms with Gasteiger partial charge in [-0.15, -0.1) is 0 Å². The zero-order valence-electron chi connectivity index (χ0n) is 31.8. The summed E-state index contributed by atoms with van der Waals surface area (Å²) in [6.45, 7) is 5.44.